The van der Waals surface area contributed by atoms with E-state index in [0.717, 1.165) is 5.01 Å². The molecule has 3 N–H and O–H groups in total. The lowest BCUT2D eigenvalue weighted by atomic mass is 9.78. The molecule has 0 saturated heterocycles. The van der Waals surface area contributed by atoms with Gasteiger partial charge in [0.1, 0.15) is 16.6 Å². The number of carbonyl (C=O) groups is 2. The Morgan fingerprint density at radius 3 is 2.91 bits per heavy atom. The molecule has 1 amide bonds. The van der Waals surface area contributed by atoms with Crippen molar-refractivity contribution in [2.75, 3.05) is 16.0 Å². The topological polar surface area (TPSA) is 164 Å². The molecule has 3 aromatic heterocycles. The number of hydrogen-bond acceptors (Lipinski definition) is 13. The number of nitrogens with zero attached hydrogens (tertiary/aromatic N) is 6. The van der Waals surface area contributed by atoms with Crippen molar-refractivity contribution in [3.05, 3.63) is 51.8 Å². The number of amides is 1. The second-order valence-electron chi connectivity index (χ2n) is 7.65. The Balaban J connectivity index is 1.41. The minimum Gasteiger partial charge on any atom is -0.468 e. The number of nitriles is 1. The molecule has 1 aliphatic carbocycles. The van der Waals surface area contributed by atoms with E-state index in [2.05, 4.69) is 31.8 Å². The van der Waals surface area contributed by atoms with Crippen LogP contribution in [0.4, 0.5) is 10.3 Å². The quantitative estimate of drug-likeness (QED) is 0.453. The van der Waals surface area contributed by atoms with E-state index in [-0.39, 0.29) is 28.8 Å². The van der Waals surface area contributed by atoms with Crippen molar-refractivity contribution in [2.45, 2.75) is 36.4 Å². The summed E-state index contributed by atoms with van der Waals surface area (Å²) in [6.07, 6.45) is 3.17. The highest BCUT2D eigenvalue weighted by Crippen LogP contribution is 2.47. The summed E-state index contributed by atoms with van der Waals surface area (Å²) in [7, 11) is 0. The molecule has 0 aromatic carbocycles. The van der Waals surface area contributed by atoms with E-state index in [4.69, 9.17) is 10.2 Å². The van der Waals surface area contributed by atoms with Crippen LogP contribution in [0.3, 0.4) is 0 Å². The molecule has 0 fully saturated rings. The van der Waals surface area contributed by atoms with Gasteiger partial charge in [0, 0.05) is 17.7 Å². The monoisotopic (exact) mass is 526 g/mol. The molecule has 3 aromatic rings. The van der Waals surface area contributed by atoms with Crippen LogP contribution in [0.1, 0.15) is 35.9 Å². The predicted octanol–water partition coefficient (Wildman–Crippen LogP) is 3.33. The molecule has 0 radical (unpaired) electrons. The number of Topliss-reactive ketones (excluding diaryl/α,β-unsaturated/α-hetero) is 1. The fourth-order valence-electron chi connectivity index (χ4n) is 4.03. The van der Waals surface area contributed by atoms with Crippen molar-refractivity contribution >= 4 is 56.4 Å². The molecule has 178 valence electrons. The van der Waals surface area contributed by atoms with Crippen LogP contribution in [0.5, 0.6) is 0 Å². The maximum absolute atomic E-state index is 13.0. The Hall–Kier alpha value is -3.54. The van der Waals surface area contributed by atoms with Crippen LogP contribution < -0.4 is 16.0 Å². The zero-order chi connectivity index (χ0) is 24.5. The van der Waals surface area contributed by atoms with Crippen LogP contribution >= 0.6 is 34.4 Å². The highest BCUT2D eigenvalue weighted by molar-refractivity contribution is 8.01. The van der Waals surface area contributed by atoms with Crippen molar-refractivity contribution in [1.82, 2.24) is 20.4 Å². The van der Waals surface area contributed by atoms with Gasteiger partial charge >= 0.3 is 0 Å². The lowest BCUT2D eigenvalue weighted by Gasteiger charge is -2.37. The van der Waals surface area contributed by atoms with Crippen LogP contribution in [0, 0.1) is 18.3 Å². The average molecular weight is 527 g/mol. The van der Waals surface area contributed by atoms with Crippen LogP contribution in [0.2, 0.25) is 0 Å². The van der Waals surface area contributed by atoms with Gasteiger partial charge in [-0.25, -0.2) is 0 Å². The van der Waals surface area contributed by atoms with Crippen molar-refractivity contribution < 1.29 is 14.0 Å². The molecule has 0 spiro atoms. The molecule has 1 atom stereocenters. The molecule has 5 rings (SSSR count). The number of furan rings is 1. The summed E-state index contributed by atoms with van der Waals surface area (Å²) in [4.78, 5) is 26.9. The zero-order valence-electron chi connectivity index (χ0n) is 18.3. The fourth-order valence-corrected chi connectivity index (χ4v) is 6.31. The van der Waals surface area contributed by atoms with Crippen molar-refractivity contribution in [1.29, 1.82) is 5.26 Å². The van der Waals surface area contributed by atoms with Gasteiger partial charge in [0.25, 0.3) is 0 Å². The summed E-state index contributed by atoms with van der Waals surface area (Å²) in [5.74, 6) is -0.133. The molecule has 0 bridgehead atoms. The molecule has 14 heteroatoms. The van der Waals surface area contributed by atoms with E-state index in [9.17, 15) is 14.9 Å². The Bertz CT molecular complexity index is 1400. The van der Waals surface area contributed by atoms with Gasteiger partial charge in [0.05, 0.1) is 29.6 Å². The third-order valence-electron chi connectivity index (χ3n) is 5.43. The first-order chi connectivity index (χ1) is 17.0. The molecular formula is C21H18N8O3S3. The SMILES string of the molecule is Cc1nnc(NC(=O)CSc2nnc(N3C(N)=C(C#N)C(c4ccco4)C4=C3CCCC4=O)s2)s1. The first kappa shape index (κ1) is 23.2. The fraction of sp³-hybridized carbons (Fsp3) is 0.286. The highest BCUT2D eigenvalue weighted by Gasteiger charge is 2.42. The van der Waals surface area contributed by atoms with Gasteiger partial charge in [0.2, 0.25) is 16.2 Å². The van der Waals surface area contributed by atoms with Gasteiger partial charge in [-0.2, -0.15) is 5.26 Å². The summed E-state index contributed by atoms with van der Waals surface area (Å²) in [6.45, 7) is 1.81. The maximum Gasteiger partial charge on any atom is 0.236 e. The van der Waals surface area contributed by atoms with Gasteiger partial charge in [-0.1, -0.05) is 34.4 Å². The van der Waals surface area contributed by atoms with Crippen LogP contribution in [0.15, 0.2) is 49.8 Å². The van der Waals surface area contributed by atoms with Gasteiger partial charge in [-0.3, -0.25) is 19.8 Å². The van der Waals surface area contributed by atoms with E-state index in [0.29, 0.717) is 50.9 Å². The number of nitrogens with one attached hydrogen (secondary N) is 1. The number of carbonyl (C=O) groups excluding carboxylic acids is 2. The van der Waals surface area contributed by atoms with E-state index >= 15 is 0 Å². The molecule has 2 aliphatic rings. The normalized spacial score (nSPS) is 18.0. The van der Waals surface area contributed by atoms with E-state index in [1.165, 1.54) is 40.7 Å². The number of thioether (sulfide) groups is 1. The number of ketones is 1. The maximum atomic E-state index is 13.0. The minimum absolute atomic E-state index is 0.0411. The standard InChI is InChI=1S/C21H18N8O3S3/c1-10-25-26-19(34-10)24-15(31)9-33-21-28-27-20(35-21)29-12-4-2-5-13(30)17(12)16(11(8-22)18(29)23)14-6-3-7-32-14/h3,6-7,16H,2,4-5,9,23H2,1H3,(H,24,26,31). The number of anilines is 2. The van der Waals surface area contributed by atoms with Crippen LogP contribution in [-0.2, 0) is 9.59 Å². The summed E-state index contributed by atoms with van der Waals surface area (Å²) in [5, 5.41) is 30.5. The highest BCUT2D eigenvalue weighted by atomic mass is 32.2. The van der Waals surface area contributed by atoms with Gasteiger partial charge in [-0.05, 0) is 31.9 Å². The van der Waals surface area contributed by atoms with Gasteiger partial charge < -0.3 is 10.2 Å². The number of aryl methyl sites for hydroxylation is 1. The summed E-state index contributed by atoms with van der Waals surface area (Å²) in [6, 6.07) is 5.63. The Morgan fingerprint density at radius 1 is 1.34 bits per heavy atom. The first-order valence-electron chi connectivity index (χ1n) is 10.5. The van der Waals surface area contributed by atoms with Gasteiger partial charge in [0.15, 0.2) is 10.1 Å². The van der Waals surface area contributed by atoms with Crippen molar-refractivity contribution in [3.63, 3.8) is 0 Å². The second-order valence-corrected chi connectivity index (χ2v) is 11.0. The summed E-state index contributed by atoms with van der Waals surface area (Å²) >= 11 is 3.74. The smallest absolute Gasteiger partial charge is 0.236 e. The minimum atomic E-state index is -0.650. The molecule has 11 nitrogen and oxygen atoms in total. The summed E-state index contributed by atoms with van der Waals surface area (Å²) in [5.41, 5.74) is 7.93. The van der Waals surface area contributed by atoms with E-state index < -0.39 is 5.92 Å². The van der Waals surface area contributed by atoms with Crippen LogP contribution in [0.25, 0.3) is 0 Å². The average Bonchev–Trinajstić information content (AvgIpc) is 3.60. The third kappa shape index (κ3) is 4.45. The number of nitrogens with two attached hydrogens (primary N) is 1. The number of aromatic nitrogens is 4. The Kier molecular flexibility index (Phi) is 6.37. The molecule has 1 unspecified atom stereocenters. The third-order valence-corrected chi connectivity index (χ3v) is 8.22. The molecule has 4 heterocycles. The first-order valence-corrected chi connectivity index (χ1v) is 13.1. The lowest BCUT2D eigenvalue weighted by molar-refractivity contribution is -0.116. The largest absolute Gasteiger partial charge is 0.468 e. The Morgan fingerprint density at radius 2 is 2.20 bits per heavy atom. The second kappa shape index (κ2) is 9.61. The number of allylic oxidation sites excluding steroid dienone is 3. The zero-order valence-corrected chi connectivity index (χ0v) is 20.8. The van der Waals surface area contributed by atoms with Crippen molar-refractivity contribution in [3.8, 4) is 6.07 Å². The predicted molar refractivity (Wildman–Crippen MR) is 131 cm³/mol. The van der Waals surface area contributed by atoms with E-state index in [1.807, 2.05) is 0 Å². The van der Waals surface area contributed by atoms with E-state index in [1.54, 1.807) is 24.0 Å². The molecule has 35 heavy (non-hydrogen) atoms. The molecule has 1 aliphatic heterocycles. The lowest BCUT2D eigenvalue weighted by Crippen LogP contribution is -2.38. The summed E-state index contributed by atoms with van der Waals surface area (Å²) < 4.78 is 6.12. The number of hydrogen-bond donors (Lipinski definition) is 2. The molecule has 0 saturated carbocycles. The Labute approximate surface area is 211 Å². The van der Waals surface area contributed by atoms with Crippen molar-refractivity contribution in [2.24, 2.45) is 5.73 Å². The van der Waals surface area contributed by atoms with Gasteiger partial charge in [-0.15, -0.1) is 20.4 Å². The number of rotatable bonds is 6. The molecular weight excluding hydrogens is 508 g/mol. The van der Waals surface area contributed by atoms with Crippen LogP contribution in [-0.4, -0.2) is 37.8 Å².